The summed E-state index contributed by atoms with van der Waals surface area (Å²) in [6.45, 7) is 10.2. The number of benzene rings is 1. The van der Waals surface area contributed by atoms with Crippen LogP contribution in [0.2, 0.25) is 0 Å². The van der Waals surface area contributed by atoms with E-state index >= 15 is 0 Å². The summed E-state index contributed by atoms with van der Waals surface area (Å²) < 4.78 is 27.5. The van der Waals surface area contributed by atoms with E-state index in [1.54, 1.807) is 18.3 Å². The van der Waals surface area contributed by atoms with E-state index in [9.17, 15) is 13.2 Å². The molecule has 0 spiro atoms. The van der Waals surface area contributed by atoms with Gasteiger partial charge in [0.25, 0.3) is 5.91 Å². The van der Waals surface area contributed by atoms with E-state index in [-0.39, 0.29) is 10.8 Å². The van der Waals surface area contributed by atoms with Crippen LogP contribution in [0.1, 0.15) is 48.8 Å². The molecule has 2 heterocycles. The number of anilines is 2. The van der Waals surface area contributed by atoms with E-state index in [1.807, 2.05) is 20.8 Å². The van der Waals surface area contributed by atoms with Crippen LogP contribution in [-0.2, 0) is 10.0 Å². The summed E-state index contributed by atoms with van der Waals surface area (Å²) in [5.41, 5.74) is 1.14. The van der Waals surface area contributed by atoms with Crippen molar-refractivity contribution in [3.63, 3.8) is 0 Å². The molecule has 0 atom stereocenters. The van der Waals surface area contributed by atoms with Gasteiger partial charge >= 0.3 is 0 Å². The second kappa shape index (κ2) is 9.45. The Bertz CT molecular complexity index is 991. The molecule has 1 fully saturated rings. The van der Waals surface area contributed by atoms with Crippen molar-refractivity contribution in [3.05, 3.63) is 34.8 Å². The first-order chi connectivity index (χ1) is 14.3. The van der Waals surface area contributed by atoms with Gasteiger partial charge in [0.05, 0.1) is 10.5 Å². The first-order valence-corrected chi connectivity index (χ1v) is 12.6. The largest absolute Gasteiger partial charge is 0.371 e. The molecule has 1 saturated heterocycles. The van der Waals surface area contributed by atoms with Crippen molar-refractivity contribution in [1.29, 1.82) is 0 Å². The minimum Gasteiger partial charge on any atom is -0.371 e. The lowest BCUT2D eigenvalue weighted by molar-refractivity contribution is 0.102. The highest BCUT2D eigenvalue weighted by molar-refractivity contribution is 7.89. The van der Waals surface area contributed by atoms with Gasteiger partial charge in [-0.05, 0) is 43.9 Å². The quantitative estimate of drug-likeness (QED) is 0.690. The van der Waals surface area contributed by atoms with E-state index < -0.39 is 10.0 Å². The summed E-state index contributed by atoms with van der Waals surface area (Å²) in [6.07, 6.45) is 3.80. The van der Waals surface area contributed by atoms with Crippen molar-refractivity contribution in [2.45, 2.75) is 45.4 Å². The zero-order chi connectivity index (χ0) is 21.9. The lowest BCUT2D eigenvalue weighted by Crippen LogP contribution is -2.35. The average Bonchev–Trinajstić information content (AvgIpc) is 3.13. The number of amides is 1. The number of rotatable bonds is 7. The van der Waals surface area contributed by atoms with Gasteiger partial charge in [0.2, 0.25) is 10.0 Å². The van der Waals surface area contributed by atoms with Gasteiger partial charge in [-0.25, -0.2) is 13.4 Å². The highest BCUT2D eigenvalue weighted by Gasteiger charge is 2.27. The third-order valence-electron chi connectivity index (χ3n) is 5.52. The molecular formula is C21H30N4O3S2. The zero-order valence-corrected chi connectivity index (χ0v) is 19.6. The molecule has 0 saturated carbocycles. The summed E-state index contributed by atoms with van der Waals surface area (Å²) in [5.74, 6) is 0.314. The Kier molecular flexibility index (Phi) is 7.15. The van der Waals surface area contributed by atoms with Crippen LogP contribution in [0, 0.1) is 12.8 Å². The molecule has 1 aromatic heterocycles. The fourth-order valence-corrected chi connectivity index (χ4v) is 5.82. The van der Waals surface area contributed by atoms with Gasteiger partial charge in [-0.15, -0.1) is 11.3 Å². The number of nitrogens with zero attached hydrogens (tertiary/aromatic N) is 3. The van der Waals surface area contributed by atoms with Crippen LogP contribution < -0.4 is 10.2 Å². The Morgan fingerprint density at radius 1 is 1.27 bits per heavy atom. The van der Waals surface area contributed by atoms with Crippen molar-refractivity contribution in [1.82, 2.24) is 9.29 Å². The summed E-state index contributed by atoms with van der Waals surface area (Å²) in [7, 11) is -3.66. The van der Waals surface area contributed by atoms with Gasteiger partial charge in [0.15, 0.2) is 5.13 Å². The fourth-order valence-electron chi connectivity index (χ4n) is 3.67. The van der Waals surface area contributed by atoms with Gasteiger partial charge < -0.3 is 4.90 Å². The molecule has 1 aliphatic heterocycles. The maximum Gasteiger partial charge on any atom is 0.259 e. The molecule has 0 radical (unpaired) electrons. The lowest BCUT2D eigenvalue weighted by atomic mass is 9.98. The standard InChI is InChI=1S/C21H30N4O3S2/c1-5-25(6-2)30(27,28)17-7-8-19(24-11-9-15(3)10-12-24)18(13-17)20(26)23-21-22-14-16(4)29-21/h7-8,13-15H,5-6,9-12H2,1-4H3,(H,22,23,26). The van der Waals surface area contributed by atoms with Crippen LogP contribution in [0.25, 0.3) is 0 Å². The minimum absolute atomic E-state index is 0.140. The highest BCUT2D eigenvalue weighted by Crippen LogP contribution is 2.30. The number of aryl methyl sites for hydroxylation is 1. The first kappa shape index (κ1) is 22.7. The zero-order valence-electron chi connectivity index (χ0n) is 18.0. The molecular weight excluding hydrogens is 420 g/mol. The molecule has 0 unspecified atom stereocenters. The van der Waals surface area contributed by atoms with E-state index in [0.717, 1.165) is 36.5 Å². The molecule has 164 valence electrons. The SMILES string of the molecule is CCN(CC)S(=O)(=O)c1ccc(N2CCC(C)CC2)c(C(=O)Nc2ncc(C)s2)c1. The van der Waals surface area contributed by atoms with E-state index in [0.29, 0.717) is 29.7 Å². The van der Waals surface area contributed by atoms with Crippen LogP contribution in [0.5, 0.6) is 0 Å². The van der Waals surface area contributed by atoms with Crippen molar-refractivity contribution in [3.8, 4) is 0 Å². The predicted octanol–water partition coefficient (Wildman–Crippen LogP) is 3.97. The molecule has 9 heteroatoms. The fraction of sp³-hybridized carbons (Fsp3) is 0.524. The van der Waals surface area contributed by atoms with Crippen molar-refractivity contribution >= 4 is 38.1 Å². The second-order valence-corrected chi connectivity index (χ2v) is 10.8. The van der Waals surface area contributed by atoms with Crippen LogP contribution in [0.3, 0.4) is 0 Å². The molecule has 3 rings (SSSR count). The number of hydrogen-bond acceptors (Lipinski definition) is 6. The normalized spacial score (nSPS) is 15.6. The Hall–Kier alpha value is -1.97. The number of piperidine rings is 1. The summed E-state index contributed by atoms with van der Waals surface area (Å²) >= 11 is 1.39. The summed E-state index contributed by atoms with van der Waals surface area (Å²) in [4.78, 5) is 20.7. The van der Waals surface area contributed by atoms with Crippen LogP contribution in [0.4, 0.5) is 10.8 Å². The smallest absolute Gasteiger partial charge is 0.259 e. The molecule has 0 bridgehead atoms. The van der Waals surface area contributed by atoms with Crippen molar-refractivity contribution in [2.75, 3.05) is 36.4 Å². The van der Waals surface area contributed by atoms with Crippen LogP contribution in [0.15, 0.2) is 29.3 Å². The first-order valence-electron chi connectivity index (χ1n) is 10.4. The van der Waals surface area contributed by atoms with E-state index in [1.165, 1.54) is 21.7 Å². The van der Waals surface area contributed by atoms with Gasteiger partial charge in [-0.3, -0.25) is 10.1 Å². The number of nitrogens with one attached hydrogen (secondary N) is 1. The topological polar surface area (TPSA) is 82.6 Å². The van der Waals surface area contributed by atoms with Crippen molar-refractivity contribution in [2.24, 2.45) is 5.92 Å². The molecule has 1 aromatic carbocycles. The van der Waals surface area contributed by atoms with Gasteiger partial charge in [-0.1, -0.05) is 20.8 Å². The summed E-state index contributed by atoms with van der Waals surface area (Å²) in [6, 6.07) is 4.90. The molecule has 0 aliphatic carbocycles. The number of carbonyl (C=O) groups excluding carboxylic acids is 1. The minimum atomic E-state index is -3.66. The maximum atomic E-state index is 13.2. The second-order valence-electron chi connectivity index (χ2n) is 7.67. The molecule has 1 N–H and O–H groups in total. The van der Waals surface area contributed by atoms with E-state index in [4.69, 9.17) is 0 Å². The predicted molar refractivity (Wildman–Crippen MR) is 122 cm³/mol. The Balaban J connectivity index is 2.01. The van der Waals surface area contributed by atoms with E-state index in [2.05, 4.69) is 22.1 Å². The van der Waals surface area contributed by atoms with Crippen LogP contribution >= 0.6 is 11.3 Å². The molecule has 1 aliphatic rings. The Morgan fingerprint density at radius 2 is 1.93 bits per heavy atom. The van der Waals surface area contributed by atoms with Gasteiger partial charge in [-0.2, -0.15) is 4.31 Å². The molecule has 30 heavy (non-hydrogen) atoms. The number of aromatic nitrogens is 1. The molecule has 7 nitrogen and oxygen atoms in total. The average molecular weight is 451 g/mol. The summed E-state index contributed by atoms with van der Waals surface area (Å²) in [5, 5.41) is 3.34. The third-order valence-corrected chi connectivity index (χ3v) is 8.40. The number of thiazole rings is 1. The van der Waals surface area contributed by atoms with Gasteiger partial charge in [0, 0.05) is 42.9 Å². The molecule has 1 amide bonds. The monoisotopic (exact) mass is 450 g/mol. The lowest BCUT2D eigenvalue weighted by Gasteiger charge is -2.33. The Morgan fingerprint density at radius 3 is 2.50 bits per heavy atom. The van der Waals surface area contributed by atoms with Crippen molar-refractivity contribution < 1.29 is 13.2 Å². The Labute approximate surface area is 183 Å². The number of sulfonamides is 1. The number of hydrogen-bond donors (Lipinski definition) is 1. The van der Waals surface area contributed by atoms with Gasteiger partial charge in [0.1, 0.15) is 0 Å². The van der Waals surface area contributed by atoms with Crippen LogP contribution in [-0.4, -0.2) is 49.8 Å². The maximum absolute atomic E-state index is 13.2. The third kappa shape index (κ3) is 4.84. The molecule has 2 aromatic rings. The number of carbonyl (C=O) groups is 1. The highest BCUT2D eigenvalue weighted by atomic mass is 32.2.